The molecule has 0 saturated heterocycles. The second-order valence-corrected chi connectivity index (χ2v) is 5.42. The number of fused-ring (bicyclic) bond motifs is 1. The number of benzene rings is 1. The number of hydrogen-bond acceptors (Lipinski definition) is 2. The first kappa shape index (κ1) is 15.1. The smallest absolute Gasteiger partial charge is 0.161 e. The number of rotatable bonds is 6. The fraction of sp³-hybridized carbons (Fsp3) is 0.438. The summed E-state index contributed by atoms with van der Waals surface area (Å²) in [6, 6.07) is 5.71. The van der Waals surface area contributed by atoms with Crippen molar-refractivity contribution < 1.29 is 4.79 Å². The number of nitrogens with zero attached hydrogens (tertiary/aromatic N) is 2. The molecule has 108 valence electrons. The molecule has 0 spiro atoms. The molecule has 0 aliphatic heterocycles. The SMILES string of the molecule is CCN(CC)CCn1cc(C(C)=O)c2ccc(Cl)cc21. The normalized spacial score (nSPS) is 11.4. The molecule has 2 aromatic rings. The van der Waals surface area contributed by atoms with Gasteiger partial charge in [0.2, 0.25) is 0 Å². The minimum Gasteiger partial charge on any atom is -0.345 e. The van der Waals surface area contributed by atoms with E-state index in [0.717, 1.165) is 42.6 Å². The summed E-state index contributed by atoms with van der Waals surface area (Å²) >= 11 is 6.09. The zero-order valence-electron chi connectivity index (χ0n) is 12.3. The van der Waals surface area contributed by atoms with Gasteiger partial charge in [0.05, 0.1) is 5.52 Å². The van der Waals surface area contributed by atoms with Crippen LogP contribution in [0, 0.1) is 0 Å². The first-order chi connectivity index (χ1) is 9.56. The summed E-state index contributed by atoms with van der Waals surface area (Å²) < 4.78 is 2.14. The molecule has 3 nitrogen and oxygen atoms in total. The molecule has 2 rings (SSSR count). The van der Waals surface area contributed by atoms with Crippen LogP contribution in [0.1, 0.15) is 31.1 Å². The zero-order valence-corrected chi connectivity index (χ0v) is 13.1. The molecule has 4 heteroatoms. The van der Waals surface area contributed by atoms with Crippen LogP contribution in [0.4, 0.5) is 0 Å². The van der Waals surface area contributed by atoms with Crippen molar-refractivity contribution in [2.45, 2.75) is 27.3 Å². The molecule has 0 unspecified atom stereocenters. The number of Topliss-reactive ketones (excluding diaryl/α,β-unsaturated/α-hetero) is 1. The highest BCUT2D eigenvalue weighted by molar-refractivity contribution is 6.31. The van der Waals surface area contributed by atoms with Gasteiger partial charge in [-0.2, -0.15) is 0 Å². The van der Waals surface area contributed by atoms with Crippen LogP contribution in [0.2, 0.25) is 5.02 Å². The lowest BCUT2D eigenvalue weighted by atomic mass is 10.1. The predicted molar refractivity (Wildman–Crippen MR) is 84.7 cm³/mol. The van der Waals surface area contributed by atoms with Crippen molar-refractivity contribution in [2.75, 3.05) is 19.6 Å². The lowest BCUT2D eigenvalue weighted by molar-refractivity contribution is 0.101. The van der Waals surface area contributed by atoms with Crippen LogP contribution >= 0.6 is 11.6 Å². The van der Waals surface area contributed by atoms with Gasteiger partial charge in [0.1, 0.15) is 0 Å². The van der Waals surface area contributed by atoms with Crippen molar-refractivity contribution in [2.24, 2.45) is 0 Å². The van der Waals surface area contributed by atoms with Gasteiger partial charge in [-0.05, 0) is 32.1 Å². The Labute approximate surface area is 125 Å². The van der Waals surface area contributed by atoms with Gasteiger partial charge in [0, 0.05) is 35.3 Å². The number of carbonyl (C=O) groups is 1. The van der Waals surface area contributed by atoms with Crippen LogP contribution in [0.15, 0.2) is 24.4 Å². The molecule has 0 amide bonds. The third-order valence-corrected chi connectivity index (χ3v) is 4.01. The van der Waals surface area contributed by atoms with Crippen LogP contribution < -0.4 is 0 Å². The van der Waals surface area contributed by atoms with Crippen molar-refractivity contribution in [3.05, 3.63) is 35.0 Å². The molecule has 0 radical (unpaired) electrons. The second kappa shape index (κ2) is 6.42. The Morgan fingerprint density at radius 3 is 2.60 bits per heavy atom. The van der Waals surface area contributed by atoms with Crippen molar-refractivity contribution in [1.29, 1.82) is 0 Å². The van der Waals surface area contributed by atoms with Gasteiger partial charge >= 0.3 is 0 Å². The summed E-state index contributed by atoms with van der Waals surface area (Å²) in [4.78, 5) is 14.1. The van der Waals surface area contributed by atoms with E-state index in [4.69, 9.17) is 11.6 Å². The summed E-state index contributed by atoms with van der Waals surface area (Å²) in [5.74, 6) is 0.0962. The van der Waals surface area contributed by atoms with Gasteiger partial charge in [-0.3, -0.25) is 4.79 Å². The van der Waals surface area contributed by atoms with Gasteiger partial charge in [0.25, 0.3) is 0 Å². The topological polar surface area (TPSA) is 25.2 Å². The number of halogens is 1. The van der Waals surface area contributed by atoms with E-state index in [2.05, 4.69) is 23.3 Å². The number of hydrogen-bond donors (Lipinski definition) is 0. The molecular formula is C16H21ClN2O. The van der Waals surface area contributed by atoms with Gasteiger partial charge < -0.3 is 9.47 Å². The van der Waals surface area contributed by atoms with Crippen LogP contribution in [-0.4, -0.2) is 34.9 Å². The molecule has 0 saturated carbocycles. The molecule has 0 atom stereocenters. The summed E-state index contributed by atoms with van der Waals surface area (Å²) in [5, 5.41) is 1.69. The fourth-order valence-corrected chi connectivity index (χ4v) is 2.69. The summed E-state index contributed by atoms with van der Waals surface area (Å²) in [5.41, 5.74) is 1.81. The molecule has 0 aliphatic rings. The average Bonchev–Trinajstić information content (AvgIpc) is 2.78. The van der Waals surface area contributed by atoms with E-state index in [1.165, 1.54) is 0 Å². The third kappa shape index (κ3) is 3.05. The molecular weight excluding hydrogens is 272 g/mol. The van der Waals surface area contributed by atoms with E-state index >= 15 is 0 Å². The summed E-state index contributed by atoms with van der Waals surface area (Å²) in [7, 11) is 0. The molecule has 0 fully saturated rings. The maximum atomic E-state index is 11.8. The predicted octanol–water partition coefficient (Wildman–Crippen LogP) is 3.84. The first-order valence-electron chi connectivity index (χ1n) is 7.08. The van der Waals surface area contributed by atoms with Crippen LogP contribution in [0.25, 0.3) is 10.9 Å². The first-order valence-corrected chi connectivity index (χ1v) is 7.46. The standard InChI is InChI=1S/C16H21ClN2O/c1-4-18(5-2)8-9-19-11-15(12(3)20)14-7-6-13(17)10-16(14)19/h6-7,10-11H,4-5,8-9H2,1-3H3. The third-order valence-electron chi connectivity index (χ3n) is 3.78. The molecule has 1 heterocycles. The average molecular weight is 293 g/mol. The summed E-state index contributed by atoms with van der Waals surface area (Å²) in [6.07, 6.45) is 1.95. The highest BCUT2D eigenvalue weighted by Crippen LogP contribution is 2.25. The highest BCUT2D eigenvalue weighted by Gasteiger charge is 2.12. The van der Waals surface area contributed by atoms with E-state index in [-0.39, 0.29) is 5.78 Å². The van der Waals surface area contributed by atoms with E-state index < -0.39 is 0 Å². The number of ketones is 1. The van der Waals surface area contributed by atoms with Gasteiger partial charge in [0.15, 0.2) is 5.78 Å². The lowest BCUT2D eigenvalue weighted by Crippen LogP contribution is -2.26. The minimum absolute atomic E-state index is 0.0962. The molecule has 0 bridgehead atoms. The molecule has 1 aromatic heterocycles. The number of likely N-dealkylation sites (N-methyl/N-ethyl adjacent to an activating group) is 1. The van der Waals surface area contributed by atoms with Gasteiger partial charge in [-0.1, -0.05) is 31.5 Å². The lowest BCUT2D eigenvalue weighted by Gasteiger charge is -2.18. The molecule has 1 aromatic carbocycles. The number of carbonyl (C=O) groups excluding carboxylic acids is 1. The van der Waals surface area contributed by atoms with E-state index in [0.29, 0.717) is 5.02 Å². The Morgan fingerprint density at radius 1 is 1.30 bits per heavy atom. The quantitative estimate of drug-likeness (QED) is 0.756. The van der Waals surface area contributed by atoms with Crippen LogP contribution in [-0.2, 0) is 6.54 Å². The Morgan fingerprint density at radius 2 is 2.00 bits per heavy atom. The van der Waals surface area contributed by atoms with Crippen molar-refractivity contribution in [3.8, 4) is 0 Å². The Hall–Kier alpha value is -1.32. The van der Waals surface area contributed by atoms with Crippen LogP contribution in [0.3, 0.4) is 0 Å². The van der Waals surface area contributed by atoms with Gasteiger partial charge in [-0.15, -0.1) is 0 Å². The van der Waals surface area contributed by atoms with Crippen molar-refractivity contribution in [1.82, 2.24) is 9.47 Å². The monoisotopic (exact) mass is 292 g/mol. The summed E-state index contributed by atoms with van der Waals surface area (Å²) in [6.45, 7) is 9.85. The number of aromatic nitrogens is 1. The highest BCUT2D eigenvalue weighted by atomic mass is 35.5. The van der Waals surface area contributed by atoms with Crippen molar-refractivity contribution >= 4 is 28.3 Å². The molecule has 20 heavy (non-hydrogen) atoms. The van der Waals surface area contributed by atoms with E-state index in [1.807, 2.05) is 24.4 Å². The Bertz CT molecular complexity index is 614. The van der Waals surface area contributed by atoms with Crippen molar-refractivity contribution in [3.63, 3.8) is 0 Å². The second-order valence-electron chi connectivity index (χ2n) is 4.98. The fourth-order valence-electron chi connectivity index (χ4n) is 2.52. The Balaban J connectivity index is 2.37. The zero-order chi connectivity index (χ0) is 14.7. The molecule has 0 aliphatic carbocycles. The maximum Gasteiger partial charge on any atom is 0.161 e. The largest absolute Gasteiger partial charge is 0.345 e. The molecule has 0 N–H and O–H groups in total. The van der Waals surface area contributed by atoms with Crippen LogP contribution in [0.5, 0.6) is 0 Å². The Kier molecular flexibility index (Phi) is 4.84. The van der Waals surface area contributed by atoms with E-state index in [1.54, 1.807) is 6.92 Å². The maximum absolute atomic E-state index is 11.8. The van der Waals surface area contributed by atoms with Gasteiger partial charge in [-0.25, -0.2) is 0 Å². The van der Waals surface area contributed by atoms with E-state index in [9.17, 15) is 4.79 Å². The minimum atomic E-state index is 0.0962.